The van der Waals surface area contributed by atoms with Crippen molar-refractivity contribution in [2.45, 2.75) is 51.6 Å². The van der Waals surface area contributed by atoms with E-state index in [4.69, 9.17) is 0 Å². The second kappa shape index (κ2) is 7.12. The van der Waals surface area contributed by atoms with Crippen LogP contribution in [0.3, 0.4) is 0 Å². The van der Waals surface area contributed by atoms with Crippen molar-refractivity contribution in [1.29, 1.82) is 0 Å². The first kappa shape index (κ1) is 17.7. The fourth-order valence-corrected chi connectivity index (χ4v) is 4.86. The molecular formula is C19H27N5OS. The van der Waals surface area contributed by atoms with Crippen LogP contribution in [0.25, 0.3) is 0 Å². The number of likely N-dealkylation sites (N-methyl/N-ethyl adjacent to an activating group) is 1. The molecule has 4 rings (SSSR count). The Balaban J connectivity index is 1.52. The number of rotatable bonds is 4. The summed E-state index contributed by atoms with van der Waals surface area (Å²) in [6.45, 7) is 4.65. The molecule has 2 aromatic rings. The highest BCUT2D eigenvalue weighted by Crippen LogP contribution is 2.28. The average molecular weight is 374 g/mol. The van der Waals surface area contributed by atoms with Crippen molar-refractivity contribution < 1.29 is 4.79 Å². The third-order valence-corrected chi connectivity index (χ3v) is 6.55. The summed E-state index contributed by atoms with van der Waals surface area (Å²) in [6.07, 6.45) is 5.21. The zero-order valence-electron chi connectivity index (χ0n) is 15.9. The van der Waals surface area contributed by atoms with Crippen LogP contribution in [-0.2, 0) is 26.4 Å². The molecule has 1 saturated heterocycles. The zero-order valence-corrected chi connectivity index (χ0v) is 16.7. The molecule has 140 valence electrons. The number of likely N-dealkylation sites (tertiary alicyclic amines) is 1. The molecule has 2 aliphatic rings. The quantitative estimate of drug-likeness (QED) is 0.826. The minimum atomic E-state index is 0.123. The predicted octanol–water partition coefficient (Wildman–Crippen LogP) is 2.41. The van der Waals surface area contributed by atoms with E-state index in [1.165, 1.54) is 11.3 Å². The Morgan fingerprint density at radius 3 is 2.85 bits per heavy atom. The first-order chi connectivity index (χ1) is 12.5. The highest BCUT2D eigenvalue weighted by molar-refractivity contribution is 7.09. The maximum absolute atomic E-state index is 12.9. The molecule has 0 aromatic carbocycles. The Labute approximate surface area is 158 Å². The Kier molecular flexibility index (Phi) is 4.84. The molecule has 3 heterocycles. The van der Waals surface area contributed by atoms with Gasteiger partial charge in [0.05, 0.1) is 10.7 Å². The van der Waals surface area contributed by atoms with Gasteiger partial charge in [0.1, 0.15) is 0 Å². The van der Waals surface area contributed by atoms with Crippen molar-refractivity contribution in [2.75, 3.05) is 20.1 Å². The van der Waals surface area contributed by atoms with Gasteiger partial charge >= 0.3 is 0 Å². The number of aromatic nitrogens is 3. The molecule has 6 nitrogen and oxygen atoms in total. The van der Waals surface area contributed by atoms with Crippen LogP contribution in [0.5, 0.6) is 0 Å². The summed E-state index contributed by atoms with van der Waals surface area (Å²) < 4.78 is 1.93. The third-order valence-electron chi connectivity index (χ3n) is 5.73. The number of fused-ring (bicyclic) bond motifs is 1. The summed E-state index contributed by atoms with van der Waals surface area (Å²) >= 11 is 1.70. The van der Waals surface area contributed by atoms with Crippen molar-refractivity contribution in [1.82, 2.24) is 24.6 Å². The molecule has 0 spiro atoms. The van der Waals surface area contributed by atoms with Crippen LogP contribution >= 0.6 is 11.3 Å². The largest absolute Gasteiger partial charge is 0.337 e. The summed E-state index contributed by atoms with van der Waals surface area (Å²) in [5, 5.41) is 7.88. The van der Waals surface area contributed by atoms with Crippen LogP contribution < -0.4 is 0 Å². The van der Waals surface area contributed by atoms with E-state index >= 15 is 0 Å². The molecule has 1 aliphatic heterocycles. The molecule has 26 heavy (non-hydrogen) atoms. The highest BCUT2D eigenvalue weighted by Gasteiger charge is 2.32. The van der Waals surface area contributed by atoms with E-state index in [2.05, 4.69) is 27.4 Å². The number of hydrogen-bond acceptors (Lipinski definition) is 5. The summed E-state index contributed by atoms with van der Waals surface area (Å²) in [5.41, 5.74) is 4.23. The number of thiazole rings is 1. The van der Waals surface area contributed by atoms with E-state index in [0.29, 0.717) is 11.7 Å². The summed E-state index contributed by atoms with van der Waals surface area (Å²) in [4.78, 5) is 21.9. The number of amides is 1. The van der Waals surface area contributed by atoms with Crippen molar-refractivity contribution in [3.05, 3.63) is 33.0 Å². The molecule has 0 bridgehead atoms. The fourth-order valence-electron chi connectivity index (χ4n) is 4.25. The topological polar surface area (TPSA) is 54.3 Å². The van der Waals surface area contributed by atoms with Crippen LogP contribution in [0.4, 0.5) is 0 Å². The van der Waals surface area contributed by atoms with Crippen molar-refractivity contribution >= 4 is 17.2 Å². The van der Waals surface area contributed by atoms with Gasteiger partial charge in [0, 0.05) is 49.4 Å². The van der Waals surface area contributed by atoms with Gasteiger partial charge < -0.3 is 4.90 Å². The van der Waals surface area contributed by atoms with Crippen LogP contribution in [0.1, 0.15) is 51.7 Å². The lowest BCUT2D eigenvalue weighted by Gasteiger charge is -2.31. The van der Waals surface area contributed by atoms with Crippen molar-refractivity contribution in [3.63, 3.8) is 0 Å². The highest BCUT2D eigenvalue weighted by atomic mass is 32.1. The molecule has 1 aliphatic carbocycles. The predicted molar refractivity (Wildman–Crippen MR) is 102 cm³/mol. The maximum Gasteiger partial charge on any atom is 0.274 e. The number of carbonyl (C=O) groups is 1. The molecule has 0 radical (unpaired) electrons. The van der Waals surface area contributed by atoms with Gasteiger partial charge in [-0.25, -0.2) is 4.98 Å². The smallest absolute Gasteiger partial charge is 0.274 e. The van der Waals surface area contributed by atoms with Gasteiger partial charge in [0.2, 0.25) is 0 Å². The number of nitrogens with zero attached hydrogens (tertiary/aromatic N) is 5. The van der Waals surface area contributed by atoms with Crippen molar-refractivity contribution in [3.8, 4) is 0 Å². The van der Waals surface area contributed by atoms with Crippen LogP contribution in [0, 0.1) is 6.92 Å². The van der Waals surface area contributed by atoms with E-state index in [9.17, 15) is 4.79 Å². The van der Waals surface area contributed by atoms with E-state index in [1.807, 2.05) is 23.6 Å². The van der Waals surface area contributed by atoms with Crippen LogP contribution in [-0.4, -0.2) is 56.7 Å². The molecular weight excluding hydrogens is 346 g/mol. The Morgan fingerprint density at radius 2 is 2.15 bits per heavy atom. The Bertz CT molecular complexity index is 805. The van der Waals surface area contributed by atoms with E-state index < -0.39 is 0 Å². The first-order valence-corrected chi connectivity index (χ1v) is 10.4. The molecule has 0 N–H and O–H groups in total. The van der Waals surface area contributed by atoms with Gasteiger partial charge in [-0.15, -0.1) is 11.3 Å². The maximum atomic E-state index is 12.9. The standard InChI is InChI=1S/C19H27N5OS/c1-13-20-14(12-26-13)11-22(2)15-6-7-17-16(10-15)18(21-23(17)3)19(25)24-8-4-5-9-24/h12,15H,4-11H2,1-3H3. The monoisotopic (exact) mass is 373 g/mol. The normalized spacial score (nSPS) is 20.0. The summed E-state index contributed by atoms with van der Waals surface area (Å²) in [7, 11) is 4.14. The molecule has 2 aromatic heterocycles. The molecule has 1 unspecified atom stereocenters. The lowest BCUT2D eigenvalue weighted by atomic mass is 9.90. The first-order valence-electron chi connectivity index (χ1n) is 9.48. The second-order valence-electron chi connectivity index (χ2n) is 7.57. The molecule has 0 saturated carbocycles. The number of hydrogen-bond donors (Lipinski definition) is 0. The molecule has 1 amide bonds. The minimum Gasteiger partial charge on any atom is -0.337 e. The van der Waals surface area contributed by atoms with Gasteiger partial charge in [-0.1, -0.05) is 0 Å². The van der Waals surface area contributed by atoms with Crippen LogP contribution in [0.2, 0.25) is 0 Å². The van der Waals surface area contributed by atoms with Crippen molar-refractivity contribution in [2.24, 2.45) is 7.05 Å². The summed E-state index contributed by atoms with van der Waals surface area (Å²) in [6, 6.07) is 0.429. The Hall–Kier alpha value is -1.73. The third kappa shape index (κ3) is 3.30. The van der Waals surface area contributed by atoms with Gasteiger partial charge in [-0.3, -0.25) is 14.4 Å². The zero-order chi connectivity index (χ0) is 18.3. The van der Waals surface area contributed by atoms with Gasteiger partial charge in [0.25, 0.3) is 5.91 Å². The summed E-state index contributed by atoms with van der Waals surface area (Å²) in [5.74, 6) is 0.123. The fraction of sp³-hybridized carbons (Fsp3) is 0.632. The van der Waals surface area contributed by atoms with Crippen LogP contribution in [0.15, 0.2) is 5.38 Å². The van der Waals surface area contributed by atoms with Gasteiger partial charge in [-0.05, 0) is 46.1 Å². The lowest BCUT2D eigenvalue weighted by molar-refractivity contribution is 0.0784. The lowest BCUT2D eigenvalue weighted by Crippen LogP contribution is -2.37. The minimum absolute atomic E-state index is 0.123. The SMILES string of the molecule is Cc1nc(CN(C)C2CCc3c(c(C(=O)N4CCCC4)nn3C)C2)cs1. The average Bonchev–Trinajstić information content (AvgIpc) is 3.35. The van der Waals surface area contributed by atoms with Gasteiger partial charge in [-0.2, -0.15) is 5.10 Å². The number of carbonyl (C=O) groups excluding carboxylic acids is 1. The van der Waals surface area contributed by atoms with E-state index in [0.717, 1.165) is 62.4 Å². The van der Waals surface area contributed by atoms with E-state index in [-0.39, 0.29) is 5.91 Å². The Morgan fingerprint density at radius 1 is 1.38 bits per heavy atom. The molecule has 1 atom stereocenters. The second-order valence-corrected chi connectivity index (χ2v) is 8.63. The molecule has 1 fully saturated rings. The van der Waals surface area contributed by atoms with E-state index in [1.54, 1.807) is 11.3 Å². The van der Waals surface area contributed by atoms with Gasteiger partial charge in [0.15, 0.2) is 5.69 Å². The number of aryl methyl sites for hydroxylation is 2. The molecule has 7 heteroatoms.